The van der Waals surface area contributed by atoms with Crippen LogP contribution in [0.3, 0.4) is 0 Å². The Bertz CT molecular complexity index is 1030. The fourth-order valence-corrected chi connectivity index (χ4v) is 4.54. The summed E-state index contributed by atoms with van der Waals surface area (Å²) in [5.41, 5.74) is 1.22. The highest BCUT2D eigenvalue weighted by atomic mass is 32.2. The van der Waals surface area contributed by atoms with Crippen molar-refractivity contribution in [3.05, 3.63) is 66.0 Å². The number of benzene rings is 1. The molecule has 9 heteroatoms. The molecule has 0 unspecified atom stereocenters. The van der Waals surface area contributed by atoms with E-state index in [1.807, 2.05) is 0 Å². The summed E-state index contributed by atoms with van der Waals surface area (Å²) >= 11 is 0. The lowest BCUT2D eigenvalue weighted by Gasteiger charge is -2.26. The molecule has 1 aliphatic rings. The zero-order valence-corrected chi connectivity index (χ0v) is 15.0. The largest absolute Gasteiger partial charge is 0.379 e. The standard InChI is InChI=1S/C17H19N5O3S/c1-20-8-7-18-17(20)16(23)15-11-13-12-21(9-10-22(13)19-15)26(24,25)14-5-3-2-4-6-14/h2-8,11,16,23H,9-10,12H2,1H3/t16-/m0/s1. The monoisotopic (exact) mass is 373 g/mol. The predicted octanol–water partition coefficient (Wildman–Crippen LogP) is 0.903. The minimum atomic E-state index is -3.55. The summed E-state index contributed by atoms with van der Waals surface area (Å²) in [6.07, 6.45) is 2.41. The zero-order valence-electron chi connectivity index (χ0n) is 14.2. The topological polar surface area (TPSA) is 93.2 Å². The number of hydrogen-bond donors (Lipinski definition) is 1. The highest BCUT2D eigenvalue weighted by molar-refractivity contribution is 7.89. The number of aromatic nitrogens is 4. The summed E-state index contributed by atoms with van der Waals surface area (Å²) in [5.74, 6) is 0.495. The van der Waals surface area contributed by atoms with Gasteiger partial charge >= 0.3 is 0 Å². The lowest BCUT2D eigenvalue weighted by atomic mass is 10.2. The molecule has 3 aromatic rings. The molecule has 0 fully saturated rings. The van der Waals surface area contributed by atoms with Gasteiger partial charge < -0.3 is 9.67 Å². The molecule has 1 aromatic carbocycles. The van der Waals surface area contributed by atoms with E-state index in [2.05, 4.69) is 10.1 Å². The van der Waals surface area contributed by atoms with Gasteiger partial charge in [-0.05, 0) is 18.2 Å². The molecule has 3 heterocycles. The molecule has 1 aliphatic heterocycles. The van der Waals surface area contributed by atoms with E-state index in [1.165, 1.54) is 4.31 Å². The van der Waals surface area contributed by atoms with Crippen LogP contribution in [0.25, 0.3) is 0 Å². The number of aliphatic hydroxyl groups is 1. The fraction of sp³-hybridized carbons (Fsp3) is 0.294. The van der Waals surface area contributed by atoms with E-state index in [0.717, 1.165) is 5.69 Å². The maximum absolute atomic E-state index is 12.8. The number of imidazole rings is 1. The lowest BCUT2D eigenvalue weighted by molar-refractivity contribution is 0.200. The number of fused-ring (bicyclic) bond motifs is 1. The summed E-state index contributed by atoms with van der Waals surface area (Å²) in [6, 6.07) is 10.1. The van der Waals surface area contributed by atoms with E-state index in [0.29, 0.717) is 24.6 Å². The van der Waals surface area contributed by atoms with Crippen molar-refractivity contribution in [2.24, 2.45) is 7.05 Å². The Morgan fingerprint density at radius 1 is 1.19 bits per heavy atom. The predicted molar refractivity (Wildman–Crippen MR) is 93.5 cm³/mol. The Kier molecular flexibility index (Phi) is 4.14. The Morgan fingerprint density at radius 2 is 1.96 bits per heavy atom. The second-order valence-corrected chi connectivity index (χ2v) is 8.17. The second kappa shape index (κ2) is 6.35. The van der Waals surface area contributed by atoms with Crippen LogP contribution in [0.15, 0.2) is 53.7 Å². The Hall–Kier alpha value is -2.49. The molecule has 136 valence electrons. The van der Waals surface area contributed by atoms with Gasteiger partial charge in [0.25, 0.3) is 0 Å². The molecule has 0 spiro atoms. The molecular weight excluding hydrogens is 354 g/mol. The summed E-state index contributed by atoms with van der Waals surface area (Å²) < 4.78 is 30.5. The number of sulfonamides is 1. The molecular formula is C17H19N5O3S. The minimum absolute atomic E-state index is 0.220. The first-order chi connectivity index (χ1) is 12.5. The lowest BCUT2D eigenvalue weighted by Crippen LogP contribution is -2.38. The summed E-state index contributed by atoms with van der Waals surface area (Å²) in [6.45, 7) is 0.996. The van der Waals surface area contributed by atoms with Crippen molar-refractivity contribution in [2.45, 2.75) is 24.1 Å². The maximum atomic E-state index is 12.8. The van der Waals surface area contributed by atoms with E-state index >= 15 is 0 Å². The molecule has 0 saturated carbocycles. The van der Waals surface area contributed by atoms with Gasteiger partial charge in [-0.15, -0.1) is 0 Å². The quantitative estimate of drug-likeness (QED) is 0.734. The average Bonchev–Trinajstić information content (AvgIpc) is 3.27. The van der Waals surface area contributed by atoms with Crippen molar-refractivity contribution in [1.82, 2.24) is 23.6 Å². The van der Waals surface area contributed by atoms with Crippen molar-refractivity contribution >= 4 is 10.0 Å². The summed E-state index contributed by atoms with van der Waals surface area (Å²) in [7, 11) is -1.75. The number of nitrogens with zero attached hydrogens (tertiary/aromatic N) is 5. The van der Waals surface area contributed by atoms with Gasteiger partial charge in [0.1, 0.15) is 5.82 Å². The van der Waals surface area contributed by atoms with E-state index in [1.54, 1.807) is 65.1 Å². The third kappa shape index (κ3) is 2.83. The number of aryl methyl sites for hydroxylation is 1. The average molecular weight is 373 g/mol. The first-order valence-electron chi connectivity index (χ1n) is 8.24. The van der Waals surface area contributed by atoms with Crippen LogP contribution in [0.2, 0.25) is 0 Å². The fourth-order valence-electron chi connectivity index (χ4n) is 3.12. The molecule has 8 nitrogen and oxygen atoms in total. The van der Waals surface area contributed by atoms with Crippen LogP contribution in [-0.4, -0.2) is 43.7 Å². The van der Waals surface area contributed by atoms with Crippen molar-refractivity contribution in [1.29, 1.82) is 0 Å². The summed E-state index contributed by atoms with van der Waals surface area (Å²) in [4.78, 5) is 4.43. The molecule has 0 bridgehead atoms. The van der Waals surface area contributed by atoms with Crippen LogP contribution >= 0.6 is 0 Å². The third-order valence-corrected chi connectivity index (χ3v) is 6.41. The number of rotatable bonds is 4. The SMILES string of the molecule is Cn1ccnc1[C@@H](O)c1cc2n(n1)CCN(S(=O)(=O)c1ccccc1)C2. The molecule has 26 heavy (non-hydrogen) atoms. The first-order valence-corrected chi connectivity index (χ1v) is 9.68. The third-order valence-electron chi connectivity index (χ3n) is 4.55. The molecule has 0 amide bonds. The minimum Gasteiger partial charge on any atom is -0.379 e. The molecule has 1 atom stereocenters. The van der Waals surface area contributed by atoms with Crippen molar-refractivity contribution in [3.63, 3.8) is 0 Å². The van der Waals surface area contributed by atoms with Gasteiger partial charge in [-0.25, -0.2) is 13.4 Å². The molecule has 0 saturated heterocycles. The van der Waals surface area contributed by atoms with Gasteiger partial charge in [0, 0.05) is 26.0 Å². The van der Waals surface area contributed by atoms with E-state index in [4.69, 9.17) is 0 Å². The van der Waals surface area contributed by atoms with Gasteiger partial charge in [0.05, 0.1) is 29.4 Å². The van der Waals surface area contributed by atoms with Gasteiger partial charge in [0.2, 0.25) is 10.0 Å². The Balaban J connectivity index is 1.60. The molecule has 4 rings (SSSR count). The maximum Gasteiger partial charge on any atom is 0.243 e. The molecule has 0 radical (unpaired) electrons. The smallest absolute Gasteiger partial charge is 0.243 e. The van der Waals surface area contributed by atoms with E-state index in [-0.39, 0.29) is 11.4 Å². The zero-order chi connectivity index (χ0) is 18.3. The highest BCUT2D eigenvalue weighted by Crippen LogP contribution is 2.25. The van der Waals surface area contributed by atoms with E-state index in [9.17, 15) is 13.5 Å². The summed E-state index contributed by atoms with van der Waals surface area (Å²) in [5, 5.41) is 15.0. The first kappa shape index (κ1) is 17.0. The van der Waals surface area contributed by atoms with Crippen molar-refractivity contribution < 1.29 is 13.5 Å². The molecule has 1 N–H and O–H groups in total. The number of aliphatic hydroxyl groups excluding tert-OH is 1. The van der Waals surface area contributed by atoms with Gasteiger partial charge in [-0.1, -0.05) is 18.2 Å². The van der Waals surface area contributed by atoms with Crippen LogP contribution in [0, 0.1) is 0 Å². The molecule has 0 aliphatic carbocycles. The van der Waals surface area contributed by atoms with Crippen molar-refractivity contribution in [2.75, 3.05) is 6.54 Å². The Labute approximate surface area is 151 Å². The highest BCUT2D eigenvalue weighted by Gasteiger charge is 2.30. The van der Waals surface area contributed by atoms with Crippen LogP contribution in [0.1, 0.15) is 23.3 Å². The van der Waals surface area contributed by atoms with Gasteiger partial charge in [-0.2, -0.15) is 9.40 Å². The van der Waals surface area contributed by atoms with Crippen LogP contribution in [-0.2, 0) is 30.2 Å². The van der Waals surface area contributed by atoms with E-state index < -0.39 is 16.1 Å². The molecule has 2 aromatic heterocycles. The van der Waals surface area contributed by atoms with Gasteiger partial charge in [-0.3, -0.25) is 4.68 Å². The van der Waals surface area contributed by atoms with Crippen LogP contribution in [0.4, 0.5) is 0 Å². The van der Waals surface area contributed by atoms with Crippen LogP contribution < -0.4 is 0 Å². The Morgan fingerprint density at radius 3 is 2.65 bits per heavy atom. The van der Waals surface area contributed by atoms with Crippen LogP contribution in [0.5, 0.6) is 0 Å². The second-order valence-electron chi connectivity index (χ2n) is 6.23. The number of hydrogen-bond acceptors (Lipinski definition) is 5. The normalized spacial score (nSPS) is 16.4. The van der Waals surface area contributed by atoms with Gasteiger partial charge in [0.15, 0.2) is 6.10 Å². The van der Waals surface area contributed by atoms with Crippen molar-refractivity contribution in [3.8, 4) is 0 Å².